The van der Waals surface area contributed by atoms with Crippen molar-refractivity contribution in [1.82, 2.24) is 4.98 Å². The van der Waals surface area contributed by atoms with E-state index in [1.54, 1.807) is 6.26 Å². The lowest BCUT2D eigenvalue weighted by Gasteiger charge is -2.13. The summed E-state index contributed by atoms with van der Waals surface area (Å²) in [6.07, 6.45) is 3.10. The number of hydrogen-bond acceptors (Lipinski definition) is 6. The highest BCUT2D eigenvalue weighted by atomic mass is 32.2. The average Bonchev–Trinajstić information content (AvgIpc) is 2.36. The van der Waals surface area contributed by atoms with Gasteiger partial charge in [-0.15, -0.1) is 0 Å². The number of aromatic nitrogens is 1. The molecule has 0 amide bonds. The molecular weight excluding hydrogens is 254 g/mol. The first-order chi connectivity index (χ1) is 8.47. The Hall–Kier alpha value is -1.63. The van der Waals surface area contributed by atoms with E-state index in [0.29, 0.717) is 12.4 Å². The van der Waals surface area contributed by atoms with Crippen LogP contribution in [-0.4, -0.2) is 40.3 Å². The van der Waals surface area contributed by atoms with Crippen LogP contribution in [0.5, 0.6) is 0 Å². The van der Waals surface area contributed by atoms with Crippen LogP contribution in [0.4, 0.5) is 11.5 Å². The maximum absolute atomic E-state index is 11.4. The molecule has 0 saturated heterocycles. The van der Waals surface area contributed by atoms with Crippen molar-refractivity contribution in [3.05, 3.63) is 17.8 Å². The van der Waals surface area contributed by atoms with Crippen molar-refractivity contribution in [3.63, 3.8) is 0 Å². The van der Waals surface area contributed by atoms with E-state index in [0.717, 1.165) is 0 Å². The van der Waals surface area contributed by atoms with Crippen LogP contribution in [0.25, 0.3) is 0 Å². The number of nitrogens with zero attached hydrogens (tertiary/aromatic N) is 1. The molecule has 0 aliphatic heterocycles. The summed E-state index contributed by atoms with van der Waals surface area (Å²) in [6, 6.07) is 1.49. The van der Waals surface area contributed by atoms with Gasteiger partial charge in [0.25, 0.3) is 0 Å². The van der Waals surface area contributed by atoms with Crippen LogP contribution in [-0.2, 0) is 15.5 Å². The number of esters is 1. The van der Waals surface area contributed by atoms with Crippen molar-refractivity contribution in [2.75, 3.05) is 31.0 Å². The van der Waals surface area contributed by atoms with Gasteiger partial charge in [-0.2, -0.15) is 0 Å². The predicted octanol–water partition coefficient (Wildman–Crippen LogP) is 0.629. The van der Waals surface area contributed by atoms with Crippen molar-refractivity contribution in [3.8, 4) is 0 Å². The van der Waals surface area contributed by atoms with Crippen molar-refractivity contribution in [2.45, 2.75) is 12.2 Å². The van der Waals surface area contributed by atoms with E-state index in [2.05, 4.69) is 15.0 Å². The van der Waals surface area contributed by atoms with Gasteiger partial charge in [-0.05, 0) is 13.0 Å². The minimum absolute atomic E-state index is 0.0343. The fourth-order valence-electron chi connectivity index (χ4n) is 1.26. The largest absolute Gasteiger partial charge is 0.465 e. The summed E-state index contributed by atoms with van der Waals surface area (Å²) >= 11 is 0. The lowest BCUT2D eigenvalue weighted by atomic mass is 10.2. The second-order valence-corrected chi connectivity index (χ2v) is 5.60. The highest BCUT2D eigenvalue weighted by Crippen LogP contribution is 2.20. The van der Waals surface area contributed by atoms with Crippen molar-refractivity contribution in [2.24, 2.45) is 0 Å². The zero-order valence-corrected chi connectivity index (χ0v) is 11.4. The molecule has 0 radical (unpaired) electrons. The normalized spacial score (nSPS) is 13.7. The Morgan fingerprint density at radius 1 is 1.67 bits per heavy atom. The Labute approximate surface area is 108 Å². The van der Waals surface area contributed by atoms with E-state index in [9.17, 15) is 9.00 Å². The van der Waals surface area contributed by atoms with E-state index in [-0.39, 0.29) is 16.5 Å². The standard InChI is InChI=1S/C11H17N3O3S/c1-7(18(3)16)6-14-10-9(12)8(4-5-13-10)11(15)17-2/h4-5,7H,6,12H2,1-3H3,(H,13,14). The van der Waals surface area contributed by atoms with Crippen molar-refractivity contribution in [1.29, 1.82) is 0 Å². The molecule has 100 valence electrons. The Bertz CT molecular complexity index is 465. The third-order valence-corrected chi connectivity index (χ3v) is 3.82. The van der Waals surface area contributed by atoms with Gasteiger partial charge in [0, 0.05) is 35.0 Å². The van der Waals surface area contributed by atoms with Crippen LogP contribution in [0.1, 0.15) is 17.3 Å². The maximum atomic E-state index is 11.4. The first kappa shape index (κ1) is 14.4. The number of rotatable bonds is 5. The van der Waals surface area contributed by atoms with Gasteiger partial charge in [-0.25, -0.2) is 9.78 Å². The van der Waals surface area contributed by atoms with Gasteiger partial charge in [0.2, 0.25) is 0 Å². The molecule has 1 heterocycles. The van der Waals surface area contributed by atoms with Crippen LogP contribution in [0.2, 0.25) is 0 Å². The predicted molar refractivity (Wildman–Crippen MR) is 72.0 cm³/mol. The number of anilines is 2. The molecule has 2 atom stereocenters. The molecule has 3 N–H and O–H groups in total. The van der Waals surface area contributed by atoms with E-state index >= 15 is 0 Å². The lowest BCUT2D eigenvalue weighted by Crippen LogP contribution is -2.22. The summed E-state index contributed by atoms with van der Waals surface area (Å²) in [7, 11) is 0.360. The fraction of sp³-hybridized carbons (Fsp3) is 0.455. The number of hydrogen-bond donors (Lipinski definition) is 2. The molecule has 0 aliphatic rings. The van der Waals surface area contributed by atoms with Crippen LogP contribution in [0.15, 0.2) is 12.3 Å². The number of pyridine rings is 1. The van der Waals surface area contributed by atoms with E-state index in [1.165, 1.54) is 19.4 Å². The number of nitrogens with one attached hydrogen (secondary N) is 1. The van der Waals surface area contributed by atoms with Gasteiger partial charge in [0.05, 0.1) is 18.4 Å². The molecule has 1 aromatic heterocycles. The maximum Gasteiger partial charge on any atom is 0.340 e. The van der Waals surface area contributed by atoms with E-state index < -0.39 is 16.8 Å². The summed E-state index contributed by atoms with van der Waals surface area (Å²) in [5, 5.41) is 2.94. The van der Waals surface area contributed by atoms with Gasteiger partial charge < -0.3 is 15.8 Å². The summed E-state index contributed by atoms with van der Waals surface area (Å²) in [4.78, 5) is 15.5. The minimum Gasteiger partial charge on any atom is -0.465 e. The molecule has 0 spiro atoms. The molecule has 7 heteroatoms. The SMILES string of the molecule is COC(=O)c1ccnc(NCC(C)S(C)=O)c1N. The number of nitrogen functional groups attached to an aromatic ring is 1. The topological polar surface area (TPSA) is 94.3 Å². The van der Waals surface area contributed by atoms with Gasteiger partial charge in [0.1, 0.15) is 5.82 Å². The zero-order chi connectivity index (χ0) is 13.7. The van der Waals surface area contributed by atoms with Gasteiger partial charge in [0.15, 0.2) is 0 Å². The second kappa shape index (κ2) is 6.34. The third kappa shape index (κ3) is 3.43. The number of ether oxygens (including phenoxy) is 1. The lowest BCUT2D eigenvalue weighted by molar-refractivity contribution is 0.0602. The molecule has 2 unspecified atom stereocenters. The second-order valence-electron chi connectivity index (χ2n) is 3.80. The highest BCUT2D eigenvalue weighted by Gasteiger charge is 2.14. The molecular formula is C11H17N3O3S. The molecule has 6 nitrogen and oxygen atoms in total. The quantitative estimate of drug-likeness (QED) is 0.763. The Kier molecular flexibility index (Phi) is 5.08. The number of methoxy groups -OCH3 is 1. The van der Waals surface area contributed by atoms with Gasteiger partial charge in [-0.1, -0.05) is 0 Å². The van der Waals surface area contributed by atoms with Gasteiger partial charge >= 0.3 is 5.97 Å². The molecule has 1 aromatic rings. The van der Waals surface area contributed by atoms with Crippen LogP contribution >= 0.6 is 0 Å². The van der Waals surface area contributed by atoms with Gasteiger partial charge in [-0.3, -0.25) is 4.21 Å². The van der Waals surface area contributed by atoms with Crippen molar-refractivity contribution < 1.29 is 13.7 Å². The Morgan fingerprint density at radius 3 is 2.89 bits per heavy atom. The number of carbonyl (C=O) groups excluding carboxylic acids is 1. The monoisotopic (exact) mass is 271 g/mol. The van der Waals surface area contributed by atoms with Crippen LogP contribution in [0, 0.1) is 0 Å². The fourth-order valence-corrected chi connectivity index (χ4v) is 1.58. The van der Waals surface area contributed by atoms with E-state index in [4.69, 9.17) is 5.73 Å². The van der Waals surface area contributed by atoms with Crippen LogP contribution in [0.3, 0.4) is 0 Å². The first-order valence-electron chi connectivity index (χ1n) is 5.36. The Balaban J connectivity index is 2.84. The van der Waals surface area contributed by atoms with Crippen molar-refractivity contribution >= 4 is 28.3 Å². The molecule has 0 fully saturated rings. The third-order valence-electron chi connectivity index (χ3n) is 2.52. The Morgan fingerprint density at radius 2 is 2.33 bits per heavy atom. The summed E-state index contributed by atoms with van der Waals surface area (Å²) in [5.41, 5.74) is 6.32. The minimum atomic E-state index is -0.929. The molecule has 18 heavy (non-hydrogen) atoms. The summed E-state index contributed by atoms with van der Waals surface area (Å²) in [6.45, 7) is 2.31. The molecule has 1 rings (SSSR count). The average molecular weight is 271 g/mol. The molecule has 0 aliphatic carbocycles. The number of carbonyl (C=O) groups is 1. The summed E-state index contributed by atoms with van der Waals surface area (Å²) < 4.78 is 15.8. The highest BCUT2D eigenvalue weighted by molar-refractivity contribution is 7.84. The zero-order valence-electron chi connectivity index (χ0n) is 10.6. The van der Waals surface area contributed by atoms with E-state index in [1.807, 2.05) is 6.92 Å². The van der Waals surface area contributed by atoms with Crippen LogP contribution < -0.4 is 11.1 Å². The smallest absolute Gasteiger partial charge is 0.340 e. The molecule has 0 saturated carbocycles. The number of nitrogens with two attached hydrogens (primary N) is 1. The molecule has 0 aromatic carbocycles. The molecule has 0 bridgehead atoms. The first-order valence-corrected chi connectivity index (χ1v) is 6.98. The summed E-state index contributed by atoms with van der Waals surface area (Å²) in [5.74, 6) is -0.111.